The highest BCUT2D eigenvalue weighted by Gasteiger charge is 2.31. The number of nitrogens with two attached hydrogens (primary N) is 1. The number of fused-ring (bicyclic) bond motifs is 1. The summed E-state index contributed by atoms with van der Waals surface area (Å²) >= 11 is 1.25. The van der Waals surface area contributed by atoms with Gasteiger partial charge >= 0.3 is 0 Å². The van der Waals surface area contributed by atoms with E-state index in [-0.39, 0.29) is 10.4 Å². The summed E-state index contributed by atoms with van der Waals surface area (Å²) in [7, 11) is -2.41. The molecule has 1 aromatic rings. The van der Waals surface area contributed by atoms with Crippen molar-refractivity contribution in [3.05, 3.63) is 18.2 Å². The minimum atomic E-state index is -4.20. The van der Waals surface area contributed by atoms with Gasteiger partial charge in [0.25, 0.3) is 10.1 Å². The summed E-state index contributed by atoms with van der Waals surface area (Å²) in [5, 5.41) is 0. The highest BCUT2D eigenvalue weighted by molar-refractivity contribution is 8.01. The highest BCUT2D eigenvalue weighted by atomic mass is 32.2. The molecule has 0 bridgehead atoms. The zero-order valence-corrected chi connectivity index (χ0v) is 10.0. The third-order valence-electron chi connectivity index (χ3n) is 2.34. The Morgan fingerprint density at radius 2 is 2.25 bits per heavy atom. The van der Waals surface area contributed by atoms with Crippen LogP contribution in [0.15, 0.2) is 28.0 Å². The quantitative estimate of drug-likeness (QED) is 0.398. The largest absolute Gasteiger partial charge is 0.348 e. The fourth-order valence-corrected chi connectivity index (χ4v) is 3.70. The lowest BCUT2D eigenvalue weighted by Gasteiger charge is -2.19. The number of benzene rings is 1. The Hall–Kier alpha value is -0.800. The Bertz CT molecular complexity index is 517. The normalized spacial score (nSPS) is 19.9. The van der Waals surface area contributed by atoms with Gasteiger partial charge in [-0.3, -0.25) is 10.4 Å². The van der Waals surface area contributed by atoms with Crippen molar-refractivity contribution >= 4 is 27.6 Å². The first kappa shape index (κ1) is 11.7. The van der Waals surface area contributed by atoms with Crippen LogP contribution in [-0.2, 0) is 10.1 Å². The molecule has 0 amide bonds. The smallest absolute Gasteiger partial charge is 0.295 e. The Kier molecular flexibility index (Phi) is 2.84. The first-order chi connectivity index (χ1) is 7.45. The maximum absolute atomic E-state index is 11.2. The van der Waals surface area contributed by atoms with Crippen LogP contribution in [0.2, 0.25) is 0 Å². The van der Waals surface area contributed by atoms with Crippen LogP contribution in [0.5, 0.6) is 0 Å². The molecule has 1 heterocycles. The van der Waals surface area contributed by atoms with Crippen molar-refractivity contribution in [2.24, 2.45) is 5.84 Å². The van der Waals surface area contributed by atoms with Crippen LogP contribution in [0, 0.1) is 0 Å². The molecule has 1 atom stereocenters. The molecule has 0 radical (unpaired) electrons. The summed E-state index contributed by atoms with van der Waals surface area (Å²) in [6.07, 6.45) is 0. The van der Waals surface area contributed by atoms with Crippen molar-refractivity contribution in [2.75, 3.05) is 11.9 Å². The predicted octanol–water partition coefficient (Wildman–Crippen LogP) is 0.222. The van der Waals surface area contributed by atoms with Crippen LogP contribution in [-0.4, -0.2) is 25.5 Å². The van der Waals surface area contributed by atoms with Gasteiger partial charge in [-0.25, -0.2) is 5.43 Å². The average molecular weight is 261 g/mol. The Labute approximate surface area is 97.5 Å². The van der Waals surface area contributed by atoms with E-state index in [4.69, 9.17) is 10.4 Å². The lowest BCUT2D eigenvalue weighted by molar-refractivity contribution is 0.481. The summed E-state index contributed by atoms with van der Waals surface area (Å²) < 4.78 is 31.4. The molecule has 16 heavy (non-hydrogen) atoms. The number of nitrogens with one attached hydrogen (secondary N) is 1. The fourth-order valence-electron chi connectivity index (χ4n) is 1.57. The molecule has 8 heteroatoms. The molecule has 6 nitrogen and oxygen atoms in total. The maximum Gasteiger partial charge on any atom is 0.295 e. The second-order valence-electron chi connectivity index (χ2n) is 3.33. The molecule has 0 spiro atoms. The van der Waals surface area contributed by atoms with E-state index >= 15 is 0 Å². The zero-order chi connectivity index (χ0) is 11.9. The maximum atomic E-state index is 11.2. The van der Waals surface area contributed by atoms with Crippen molar-refractivity contribution in [3.63, 3.8) is 0 Å². The lowest BCUT2D eigenvalue weighted by Crippen LogP contribution is -2.42. The van der Waals surface area contributed by atoms with Crippen molar-refractivity contribution in [2.45, 2.75) is 15.3 Å². The van der Waals surface area contributed by atoms with E-state index in [1.807, 2.05) is 0 Å². The molecule has 0 fully saturated rings. The van der Waals surface area contributed by atoms with Crippen molar-refractivity contribution in [1.82, 2.24) is 5.43 Å². The molecule has 0 aromatic heterocycles. The van der Waals surface area contributed by atoms with Gasteiger partial charge in [0, 0.05) is 7.05 Å². The Balaban J connectivity index is 2.58. The Morgan fingerprint density at radius 1 is 1.56 bits per heavy atom. The SMILES string of the molecule is CN1c2cccc(S(=O)(=O)O)c2SC1NN. The number of hydrogen-bond acceptors (Lipinski definition) is 6. The highest BCUT2D eigenvalue weighted by Crippen LogP contribution is 2.44. The summed E-state index contributed by atoms with van der Waals surface area (Å²) in [5.41, 5.74) is 3.04. The molecule has 2 rings (SSSR count). The minimum absolute atomic E-state index is 0.0837. The van der Waals surface area contributed by atoms with Gasteiger partial charge in [0.1, 0.15) is 10.4 Å². The fraction of sp³-hybridized carbons (Fsp3) is 0.250. The summed E-state index contributed by atoms with van der Waals surface area (Å²) in [5.74, 6) is 5.34. The molecule has 88 valence electrons. The number of rotatable bonds is 2. The third kappa shape index (κ3) is 1.78. The number of hydrazine groups is 1. The number of nitrogens with zero attached hydrogens (tertiary/aromatic N) is 1. The van der Waals surface area contributed by atoms with Crippen LogP contribution in [0.3, 0.4) is 0 Å². The van der Waals surface area contributed by atoms with E-state index in [1.165, 1.54) is 17.8 Å². The standard InChI is InChI=1S/C8H11N3O3S2/c1-11-5-3-2-4-6(16(12,13)14)7(5)15-8(11)10-9/h2-4,8,10H,9H2,1H3,(H,12,13,14). The van der Waals surface area contributed by atoms with Gasteiger partial charge in [-0.05, 0) is 12.1 Å². The molecule has 1 aliphatic rings. The molecule has 1 aromatic carbocycles. The second kappa shape index (κ2) is 3.90. The van der Waals surface area contributed by atoms with Gasteiger partial charge < -0.3 is 4.90 Å². The molecule has 1 aliphatic heterocycles. The van der Waals surface area contributed by atoms with Crippen LogP contribution in [0.1, 0.15) is 0 Å². The number of hydrogen-bond donors (Lipinski definition) is 3. The number of anilines is 1. The minimum Gasteiger partial charge on any atom is -0.348 e. The van der Waals surface area contributed by atoms with E-state index in [9.17, 15) is 8.42 Å². The van der Waals surface area contributed by atoms with Crippen molar-refractivity contribution < 1.29 is 13.0 Å². The summed E-state index contributed by atoms with van der Waals surface area (Å²) in [6, 6.07) is 4.72. The van der Waals surface area contributed by atoms with Crippen molar-refractivity contribution in [3.8, 4) is 0 Å². The van der Waals surface area contributed by atoms with Gasteiger partial charge in [0.05, 0.1) is 10.6 Å². The van der Waals surface area contributed by atoms with Crippen LogP contribution < -0.4 is 16.2 Å². The third-order valence-corrected chi connectivity index (χ3v) is 4.71. The van der Waals surface area contributed by atoms with E-state index in [2.05, 4.69) is 5.43 Å². The summed E-state index contributed by atoms with van der Waals surface area (Å²) in [4.78, 5) is 2.23. The van der Waals surface area contributed by atoms with E-state index in [0.29, 0.717) is 4.90 Å². The number of thioether (sulfide) groups is 1. The van der Waals surface area contributed by atoms with E-state index < -0.39 is 10.1 Å². The van der Waals surface area contributed by atoms with E-state index in [1.54, 1.807) is 24.1 Å². The predicted molar refractivity (Wildman–Crippen MR) is 61.6 cm³/mol. The first-order valence-corrected chi connectivity index (χ1v) is 6.73. The van der Waals surface area contributed by atoms with Crippen LogP contribution in [0.4, 0.5) is 5.69 Å². The average Bonchev–Trinajstić information content (AvgIpc) is 2.54. The second-order valence-corrected chi connectivity index (χ2v) is 5.81. The molecular formula is C8H11N3O3S2. The van der Waals surface area contributed by atoms with Gasteiger partial charge in [-0.1, -0.05) is 17.8 Å². The molecular weight excluding hydrogens is 250 g/mol. The van der Waals surface area contributed by atoms with Crippen LogP contribution >= 0.6 is 11.8 Å². The van der Waals surface area contributed by atoms with Gasteiger partial charge in [-0.15, -0.1) is 0 Å². The zero-order valence-electron chi connectivity index (χ0n) is 8.41. The molecule has 4 N–H and O–H groups in total. The monoisotopic (exact) mass is 261 g/mol. The molecule has 0 saturated heterocycles. The van der Waals surface area contributed by atoms with E-state index in [0.717, 1.165) is 5.69 Å². The van der Waals surface area contributed by atoms with Crippen molar-refractivity contribution in [1.29, 1.82) is 0 Å². The summed E-state index contributed by atoms with van der Waals surface area (Å²) in [6.45, 7) is 0. The Morgan fingerprint density at radius 3 is 2.81 bits per heavy atom. The lowest BCUT2D eigenvalue weighted by atomic mass is 10.3. The molecule has 0 aliphatic carbocycles. The first-order valence-electron chi connectivity index (χ1n) is 4.41. The van der Waals surface area contributed by atoms with Gasteiger partial charge in [-0.2, -0.15) is 8.42 Å². The van der Waals surface area contributed by atoms with Gasteiger partial charge in [0.15, 0.2) is 0 Å². The molecule has 0 saturated carbocycles. The van der Waals surface area contributed by atoms with Crippen LogP contribution in [0.25, 0.3) is 0 Å². The molecule has 1 unspecified atom stereocenters. The van der Waals surface area contributed by atoms with Gasteiger partial charge in [0.2, 0.25) is 0 Å². The topological polar surface area (TPSA) is 95.7 Å².